The van der Waals surface area contributed by atoms with Crippen molar-refractivity contribution in [2.45, 2.75) is 24.0 Å². The van der Waals surface area contributed by atoms with E-state index in [1.807, 2.05) is 89.8 Å². The molecular weight excluding hydrogens is 444 g/mol. The van der Waals surface area contributed by atoms with Crippen LogP contribution in [0.15, 0.2) is 84.9 Å². The van der Waals surface area contributed by atoms with Gasteiger partial charge >= 0.3 is 11.9 Å². The number of likely N-dealkylation sites (tertiary alicyclic amines) is 1. The highest BCUT2D eigenvalue weighted by atomic mass is 16.5. The number of carbonyl (C=O) groups is 3. The van der Waals surface area contributed by atoms with Gasteiger partial charge in [-0.05, 0) is 22.8 Å². The van der Waals surface area contributed by atoms with Crippen molar-refractivity contribution >= 4 is 23.5 Å². The highest BCUT2D eigenvalue weighted by Gasteiger charge is 2.71. The molecule has 0 aromatic heterocycles. The van der Waals surface area contributed by atoms with Gasteiger partial charge < -0.3 is 14.8 Å². The van der Waals surface area contributed by atoms with E-state index in [2.05, 4.69) is 5.32 Å². The standard InChI is InChI=1S/C28H26N2O5/c1-34-25(31)22-23(26(32)35-2)30(17-18-11-5-3-6-12-18)24(19-13-7-4-8-14-19)28(22)20-15-9-10-16-21(20)29-27(28)33/h3-16,22-24H,17H2,1-2H3,(H,29,33)/t22-,23+,24-,28-/m0/s1. The fourth-order valence-electron chi connectivity index (χ4n) is 5.82. The van der Waals surface area contributed by atoms with Crippen LogP contribution in [0, 0.1) is 5.92 Å². The van der Waals surface area contributed by atoms with Crippen LogP contribution in [0.25, 0.3) is 0 Å². The number of benzene rings is 3. The number of nitrogens with one attached hydrogen (secondary N) is 1. The Morgan fingerprint density at radius 1 is 0.857 bits per heavy atom. The quantitative estimate of drug-likeness (QED) is 0.575. The Hall–Kier alpha value is -3.97. The van der Waals surface area contributed by atoms with Crippen molar-refractivity contribution in [1.82, 2.24) is 4.90 Å². The minimum Gasteiger partial charge on any atom is -0.469 e. The third-order valence-electron chi connectivity index (χ3n) is 7.14. The molecule has 0 radical (unpaired) electrons. The molecule has 0 aliphatic carbocycles. The summed E-state index contributed by atoms with van der Waals surface area (Å²) in [6.45, 7) is 0.324. The first-order chi connectivity index (χ1) is 17.0. The van der Waals surface area contributed by atoms with Crippen LogP contribution in [0.2, 0.25) is 0 Å². The number of ether oxygens (including phenoxy) is 2. The summed E-state index contributed by atoms with van der Waals surface area (Å²) in [5, 5.41) is 2.98. The number of hydrogen-bond acceptors (Lipinski definition) is 6. The number of amides is 1. The Labute approximate surface area is 203 Å². The van der Waals surface area contributed by atoms with Gasteiger partial charge in [-0.3, -0.25) is 19.3 Å². The molecule has 1 spiro atoms. The van der Waals surface area contributed by atoms with Gasteiger partial charge in [0.25, 0.3) is 0 Å². The fraction of sp³-hybridized carbons (Fsp3) is 0.250. The molecule has 5 rings (SSSR count). The van der Waals surface area contributed by atoms with E-state index in [1.54, 1.807) is 0 Å². The van der Waals surface area contributed by atoms with Crippen LogP contribution in [0.1, 0.15) is 22.7 Å². The molecule has 0 bridgehead atoms. The van der Waals surface area contributed by atoms with E-state index >= 15 is 0 Å². The lowest BCUT2D eigenvalue weighted by molar-refractivity contribution is -0.158. The Bertz CT molecular complexity index is 1260. The molecule has 2 aliphatic rings. The van der Waals surface area contributed by atoms with Crippen molar-refractivity contribution in [2.75, 3.05) is 19.5 Å². The monoisotopic (exact) mass is 470 g/mol. The predicted molar refractivity (Wildman–Crippen MR) is 129 cm³/mol. The molecule has 7 heteroatoms. The summed E-state index contributed by atoms with van der Waals surface area (Å²) in [5.74, 6) is -2.69. The molecule has 3 aromatic carbocycles. The Kier molecular flexibility index (Phi) is 5.86. The van der Waals surface area contributed by atoms with Gasteiger partial charge in [0.05, 0.1) is 20.3 Å². The highest BCUT2D eigenvalue weighted by Crippen LogP contribution is 2.60. The molecule has 7 nitrogen and oxygen atoms in total. The molecule has 1 amide bonds. The number of anilines is 1. The van der Waals surface area contributed by atoms with Gasteiger partial charge in [0.15, 0.2) is 0 Å². The van der Waals surface area contributed by atoms with E-state index in [0.717, 1.165) is 11.1 Å². The van der Waals surface area contributed by atoms with Crippen molar-refractivity contribution in [3.63, 3.8) is 0 Å². The van der Waals surface area contributed by atoms with Gasteiger partial charge in [0.2, 0.25) is 5.91 Å². The van der Waals surface area contributed by atoms with Gasteiger partial charge in [-0.25, -0.2) is 0 Å². The maximum Gasteiger partial charge on any atom is 0.324 e. The molecule has 4 atom stereocenters. The van der Waals surface area contributed by atoms with Crippen LogP contribution >= 0.6 is 0 Å². The molecule has 178 valence electrons. The molecule has 0 unspecified atom stereocenters. The van der Waals surface area contributed by atoms with Gasteiger partial charge in [0.1, 0.15) is 17.4 Å². The van der Waals surface area contributed by atoms with Crippen molar-refractivity contribution in [2.24, 2.45) is 5.92 Å². The summed E-state index contributed by atoms with van der Waals surface area (Å²) in [4.78, 5) is 42.8. The largest absolute Gasteiger partial charge is 0.469 e. The second-order valence-electron chi connectivity index (χ2n) is 8.81. The van der Waals surface area contributed by atoms with E-state index in [4.69, 9.17) is 9.47 Å². The first-order valence-corrected chi connectivity index (χ1v) is 11.4. The molecule has 1 fully saturated rings. The van der Waals surface area contributed by atoms with Crippen molar-refractivity contribution in [1.29, 1.82) is 0 Å². The van der Waals surface area contributed by atoms with Crippen LogP contribution < -0.4 is 5.32 Å². The molecule has 0 saturated carbocycles. The lowest BCUT2D eigenvalue weighted by Crippen LogP contribution is -2.49. The maximum absolute atomic E-state index is 14.0. The van der Waals surface area contributed by atoms with Gasteiger partial charge in [-0.1, -0.05) is 78.9 Å². The van der Waals surface area contributed by atoms with Crippen LogP contribution in [-0.4, -0.2) is 43.0 Å². The third-order valence-corrected chi connectivity index (χ3v) is 7.14. The second kappa shape index (κ2) is 9.00. The topological polar surface area (TPSA) is 84.9 Å². The van der Waals surface area contributed by atoms with E-state index in [-0.39, 0.29) is 5.91 Å². The van der Waals surface area contributed by atoms with Crippen LogP contribution in [0.4, 0.5) is 5.69 Å². The van der Waals surface area contributed by atoms with E-state index in [9.17, 15) is 14.4 Å². The summed E-state index contributed by atoms with van der Waals surface area (Å²) >= 11 is 0. The van der Waals surface area contributed by atoms with Gasteiger partial charge in [0, 0.05) is 12.2 Å². The summed E-state index contributed by atoms with van der Waals surface area (Å²) < 4.78 is 10.5. The summed E-state index contributed by atoms with van der Waals surface area (Å²) in [5.41, 5.74) is 1.64. The van der Waals surface area contributed by atoms with Crippen LogP contribution in [-0.2, 0) is 35.8 Å². The predicted octanol–water partition coefficient (Wildman–Crippen LogP) is 3.46. The number of methoxy groups -OCH3 is 2. The number of hydrogen-bond donors (Lipinski definition) is 1. The number of esters is 2. The summed E-state index contributed by atoms with van der Waals surface area (Å²) in [7, 11) is 2.57. The molecule has 35 heavy (non-hydrogen) atoms. The molecular formula is C28H26N2O5. The van der Waals surface area contributed by atoms with Crippen LogP contribution in [0.5, 0.6) is 0 Å². The molecule has 1 N–H and O–H groups in total. The minimum atomic E-state index is -1.40. The molecule has 3 aromatic rings. The lowest BCUT2D eigenvalue weighted by Gasteiger charge is -2.36. The Morgan fingerprint density at radius 3 is 2.11 bits per heavy atom. The third kappa shape index (κ3) is 3.42. The Morgan fingerprint density at radius 2 is 1.46 bits per heavy atom. The van der Waals surface area contributed by atoms with Crippen molar-refractivity contribution < 1.29 is 23.9 Å². The zero-order valence-electron chi connectivity index (χ0n) is 19.5. The lowest BCUT2D eigenvalue weighted by atomic mass is 9.65. The number of carbonyl (C=O) groups excluding carboxylic acids is 3. The first kappa shape index (κ1) is 22.8. The number of nitrogens with zero attached hydrogens (tertiary/aromatic N) is 1. The number of fused-ring (bicyclic) bond motifs is 2. The number of rotatable bonds is 5. The average molecular weight is 471 g/mol. The molecule has 1 saturated heterocycles. The highest BCUT2D eigenvalue weighted by molar-refractivity contribution is 6.11. The summed E-state index contributed by atoms with van der Waals surface area (Å²) in [6, 6.07) is 24.8. The Balaban J connectivity index is 1.83. The number of para-hydroxylation sites is 1. The molecule has 2 heterocycles. The maximum atomic E-state index is 14.0. The minimum absolute atomic E-state index is 0.324. The van der Waals surface area contributed by atoms with Gasteiger partial charge in [-0.2, -0.15) is 0 Å². The molecule has 2 aliphatic heterocycles. The summed E-state index contributed by atoms with van der Waals surface area (Å²) in [6.07, 6.45) is 0. The smallest absolute Gasteiger partial charge is 0.324 e. The van der Waals surface area contributed by atoms with Crippen LogP contribution in [0.3, 0.4) is 0 Å². The zero-order chi connectivity index (χ0) is 24.6. The average Bonchev–Trinajstić information content (AvgIpc) is 3.36. The fourth-order valence-corrected chi connectivity index (χ4v) is 5.82. The van der Waals surface area contributed by atoms with E-state index in [1.165, 1.54) is 14.2 Å². The van der Waals surface area contributed by atoms with Crippen molar-refractivity contribution in [3.8, 4) is 0 Å². The first-order valence-electron chi connectivity index (χ1n) is 11.4. The van der Waals surface area contributed by atoms with E-state index in [0.29, 0.717) is 17.8 Å². The normalized spacial score (nSPS) is 25.2. The second-order valence-corrected chi connectivity index (χ2v) is 8.81. The van der Waals surface area contributed by atoms with E-state index < -0.39 is 35.4 Å². The van der Waals surface area contributed by atoms with Crippen molar-refractivity contribution in [3.05, 3.63) is 102 Å². The zero-order valence-corrected chi connectivity index (χ0v) is 19.5. The SMILES string of the molecule is COC(=O)[C@@H]1[C@H](C(=O)OC)N(Cc2ccccc2)[C@@H](c2ccccc2)[C@@]12C(=O)Nc1ccccc12. The van der Waals surface area contributed by atoms with Gasteiger partial charge in [-0.15, -0.1) is 0 Å².